The quantitative estimate of drug-likeness (QED) is 0.743. The SMILES string of the molecule is O=C(Nc1ccc(F)nc1)[C@H]1CCCCN1. The summed E-state index contributed by atoms with van der Waals surface area (Å²) < 4.78 is 12.5. The smallest absolute Gasteiger partial charge is 0.241 e. The first kappa shape index (κ1) is 11.0. The predicted molar refractivity (Wildman–Crippen MR) is 58.5 cm³/mol. The standard InChI is InChI=1S/C11H14FN3O/c12-10-5-4-8(7-14-10)15-11(16)9-3-1-2-6-13-9/h4-5,7,9,13H,1-3,6H2,(H,15,16)/t9-/m1/s1. The lowest BCUT2D eigenvalue weighted by atomic mass is 10.0. The van der Waals surface area contributed by atoms with Gasteiger partial charge in [-0.25, -0.2) is 4.98 Å². The van der Waals surface area contributed by atoms with Crippen molar-refractivity contribution in [1.29, 1.82) is 0 Å². The zero-order chi connectivity index (χ0) is 11.4. The van der Waals surface area contributed by atoms with Crippen LogP contribution in [-0.2, 0) is 4.79 Å². The maximum atomic E-state index is 12.5. The Kier molecular flexibility index (Phi) is 3.46. The van der Waals surface area contributed by atoms with Crippen LogP contribution in [0.25, 0.3) is 0 Å². The number of piperidine rings is 1. The molecule has 16 heavy (non-hydrogen) atoms. The molecule has 0 aliphatic carbocycles. The molecule has 1 aromatic rings. The molecule has 2 rings (SSSR count). The number of anilines is 1. The molecular formula is C11H14FN3O. The summed E-state index contributed by atoms with van der Waals surface area (Å²) in [6, 6.07) is 2.59. The normalized spacial score (nSPS) is 20.4. The second-order valence-corrected chi connectivity index (χ2v) is 3.86. The van der Waals surface area contributed by atoms with Crippen molar-refractivity contribution in [3.8, 4) is 0 Å². The van der Waals surface area contributed by atoms with Gasteiger partial charge in [0.05, 0.1) is 17.9 Å². The molecule has 1 amide bonds. The number of halogens is 1. The van der Waals surface area contributed by atoms with Gasteiger partial charge in [-0.2, -0.15) is 4.39 Å². The lowest BCUT2D eigenvalue weighted by molar-refractivity contribution is -0.118. The number of pyridine rings is 1. The first-order valence-electron chi connectivity index (χ1n) is 5.41. The van der Waals surface area contributed by atoms with Gasteiger partial charge in [0, 0.05) is 0 Å². The van der Waals surface area contributed by atoms with E-state index in [4.69, 9.17) is 0 Å². The van der Waals surface area contributed by atoms with Gasteiger partial charge in [0.2, 0.25) is 11.9 Å². The van der Waals surface area contributed by atoms with Gasteiger partial charge >= 0.3 is 0 Å². The Labute approximate surface area is 93.3 Å². The van der Waals surface area contributed by atoms with Crippen LogP contribution >= 0.6 is 0 Å². The van der Waals surface area contributed by atoms with Crippen LogP contribution in [0.15, 0.2) is 18.3 Å². The Bertz CT molecular complexity index is 360. The van der Waals surface area contributed by atoms with Crippen molar-refractivity contribution < 1.29 is 9.18 Å². The van der Waals surface area contributed by atoms with E-state index in [-0.39, 0.29) is 11.9 Å². The number of hydrogen-bond donors (Lipinski definition) is 2. The second kappa shape index (κ2) is 5.03. The highest BCUT2D eigenvalue weighted by Crippen LogP contribution is 2.10. The van der Waals surface area contributed by atoms with Gasteiger partial charge in [0.15, 0.2) is 0 Å². The van der Waals surface area contributed by atoms with Gasteiger partial charge in [-0.3, -0.25) is 4.79 Å². The summed E-state index contributed by atoms with van der Waals surface area (Å²) in [5, 5.41) is 5.85. The molecule has 4 nitrogen and oxygen atoms in total. The van der Waals surface area contributed by atoms with E-state index in [9.17, 15) is 9.18 Å². The van der Waals surface area contributed by atoms with Crippen molar-refractivity contribution in [3.63, 3.8) is 0 Å². The van der Waals surface area contributed by atoms with E-state index in [0.717, 1.165) is 25.8 Å². The van der Waals surface area contributed by atoms with Crippen LogP contribution in [0, 0.1) is 5.95 Å². The van der Waals surface area contributed by atoms with Crippen molar-refractivity contribution in [3.05, 3.63) is 24.3 Å². The fourth-order valence-corrected chi connectivity index (χ4v) is 1.75. The molecule has 0 spiro atoms. The van der Waals surface area contributed by atoms with E-state index in [2.05, 4.69) is 15.6 Å². The van der Waals surface area contributed by atoms with Crippen LogP contribution < -0.4 is 10.6 Å². The topological polar surface area (TPSA) is 54.0 Å². The predicted octanol–water partition coefficient (Wildman–Crippen LogP) is 1.30. The highest BCUT2D eigenvalue weighted by molar-refractivity contribution is 5.94. The Morgan fingerprint density at radius 2 is 2.38 bits per heavy atom. The lowest BCUT2D eigenvalue weighted by Crippen LogP contribution is -2.43. The third-order valence-electron chi connectivity index (χ3n) is 2.62. The Morgan fingerprint density at radius 3 is 3.00 bits per heavy atom. The van der Waals surface area contributed by atoms with Crippen LogP contribution in [0.1, 0.15) is 19.3 Å². The molecule has 0 unspecified atom stereocenters. The molecule has 0 aromatic carbocycles. The third-order valence-corrected chi connectivity index (χ3v) is 2.62. The molecule has 1 aromatic heterocycles. The fraction of sp³-hybridized carbons (Fsp3) is 0.455. The van der Waals surface area contributed by atoms with E-state index >= 15 is 0 Å². The van der Waals surface area contributed by atoms with Gasteiger partial charge in [-0.05, 0) is 31.5 Å². The van der Waals surface area contributed by atoms with E-state index in [1.54, 1.807) is 0 Å². The number of rotatable bonds is 2. The van der Waals surface area contributed by atoms with Gasteiger partial charge in [-0.15, -0.1) is 0 Å². The molecule has 86 valence electrons. The van der Waals surface area contributed by atoms with Gasteiger partial charge in [0.25, 0.3) is 0 Å². The summed E-state index contributed by atoms with van der Waals surface area (Å²) in [5.41, 5.74) is 0.527. The summed E-state index contributed by atoms with van der Waals surface area (Å²) in [6.45, 7) is 0.875. The number of nitrogens with one attached hydrogen (secondary N) is 2. The number of aromatic nitrogens is 1. The van der Waals surface area contributed by atoms with Gasteiger partial charge in [0.1, 0.15) is 0 Å². The average Bonchev–Trinajstić information content (AvgIpc) is 2.33. The van der Waals surface area contributed by atoms with Crippen molar-refractivity contribution >= 4 is 11.6 Å². The van der Waals surface area contributed by atoms with Crippen molar-refractivity contribution in [2.45, 2.75) is 25.3 Å². The molecule has 1 aliphatic heterocycles. The number of carbonyl (C=O) groups is 1. The first-order valence-corrected chi connectivity index (χ1v) is 5.41. The van der Waals surface area contributed by atoms with Crippen molar-refractivity contribution in [2.75, 3.05) is 11.9 Å². The van der Waals surface area contributed by atoms with Crippen molar-refractivity contribution in [1.82, 2.24) is 10.3 Å². The zero-order valence-corrected chi connectivity index (χ0v) is 8.87. The van der Waals surface area contributed by atoms with E-state index < -0.39 is 5.95 Å². The molecule has 2 N–H and O–H groups in total. The molecule has 1 atom stereocenters. The molecule has 2 heterocycles. The highest BCUT2D eigenvalue weighted by Gasteiger charge is 2.20. The van der Waals surface area contributed by atoms with Gasteiger partial charge in [-0.1, -0.05) is 6.42 Å². The monoisotopic (exact) mass is 223 g/mol. The first-order chi connectivity index (χ1) is 7.75. The fourth-order valence-electron chi connectivity index (χ4n) is 1.75. The highest BCUT2D eigenvalue weighted by atomic mass is 19.1. The minimum absolute atomic E-state index is 0.0758. The molecule has 1 aliphatic rings. The number of amides is 1. The maximum absolute atomic E-state index is 12.5. The molecular weight excluding hydrogens is 209 g/mol. The van der Waals surface area contributed by atoms with Crippen LogP contribution in [0.2, 0.25) is 0 Å². The summed E-state index contributed by atoms with van der Waals surface area (Å²) in [6.07, 6.45) is 4.34. The molecule has 5 heteroatoms. The van der Waals surface area contributed by atoms with Crippen LogP contribution in [0.4, 0.5) is 10.1 Å². The zero-order valence-electron chi connectivity index (χ0n) is 8.87. The summed E-state index contributed by atoms with van der Waals surface area (Å²) in [4.78, 5) is 15.2. The molecule has 1 fully saturated rings. The van der Waals surface area contributed by atoms with Crippen LogP contribution in [0.5, 0.6) is 0 Å². The molecule has 0 radical (unpaired) electrons. The Balaban J connectivity index is 1.93. The molecule has 0 bridgehead atoms. The number of hydrogen-bond acceptors (Lipinski definition) is 3. The maximum Gasteiger partial charge on any atom is 0.241 e. The van der Waals surface area contributed by atoms with E-state index in [0.29, 0.717) is 5.69 Å². The van der Waals surface area contributed by atoms with Gasteiger partial charge < -0.3 is 10.6 Å². The molecule has 1 saturated heterocycles. The largest absolute Gasteiger partial charge is 0.323 e. The van der Waals surface area contributed by atoms with E-state index in [1.165, 1.54) is 18.3 Å². The summed E-state index contributed by atoms with van der Waals surface area (Å²) in [7, 11) is 0. The minimum atomic E-state index is -0.547. The second-order valence-electron chi connectivity index (χ2n) is 3.86. The third kappa shape index (κ3) is 2.76. The lowest BCUT2D eigenvalue weighted by Gasteiger charge is -2.22. The number of nitrogens with zero attached hydrogens (tertiary/aromatic N) is 1. The van der Waals surface area contributed by atoms with E-state index in [1.807, 2.05) is 0 Å². The molecule has 0 saturated carbocycles. The number of carbonyl (C=O) groups excluding carboxylic acids is 1. The average molecular weight is 223 g/mol. The Hall–Kier alpha value is -1.49. The van der Waals surface area contributed by atoms with Crippen LogP contribution in [-0.4, -0.2) is 23.5 Å². The minimum Gasteiger partial charge on any atom is -0.323 e. The summed E-state index contributed by atoms with van der Waals surface area (Å²) >= 11 is 0. The van der Waals surface area contributed by atoms with Crippen molar-refractivity contribution in [2.24, 2.45) is 0 Å². The Morgan fingerprint density at radius 1 is 1.50 bits per heavy atom. The van der Waals surface area contributed by atoms with Crippen LogP contribution in [0.3, 0.4) is 0 Å². The summed E-state index contributed by atoms with van der Waals surface area (Å²) in [5.74, 6) is -0.623.